The Balaban J connectivity index is 2.85. The minimum absolute atomic E-state index is 0.350. The number of Topliss-reactive ketones (excluding diaryl/α,β-unsaturated/α-hetero) is 2. The third kappa shape index (κ3) is 1.63. The molecule has 0 radical (unpaired) electrons. The molecule has 5 heteroatoms. The molecule has 1 fully saturated rings. The molecule has 0 saturated carbocycles. The fourth-order valence-corrected chi connectivity index (χ4v) is 0.826. The summed E-state index contributed by atoms with van der Waals surface area (Å²) < 4.78 is 5.12. The first-order valence-corrected chi connectivity index (χ1v) is 3.89. The van der Waals surface area contributed by atoms with Crippen molar-refractivity contribution in [3.05, 3.63) is 0 Å². The molecule has 1 aliphatic heterocycles. The molecule has 0 aromatic heterocycles. The number of hydrogen-bond donors (Lipinski definition) is 0. The van der Waals surface area contributed by atoms with Gasteiger partial charge in [0.15, 0.2) is 11.6 Å². The maximum Gasteiger partial charge on any atom is 0.260 e. The smallest absolute Gasteiger partial charge is 0.260 e. The second-order valence-electron chi connectivity index (χ2n) is 3.27. The Morgan fingerprint density at radius 1 is 0.923 bits per heavy atom. The van der Waals surface area contributed by atoms with Crippen molar-refractivity contribution in [2.45, 2.75) is 39.3 Å². The molecule has 2 unspecified atom stereocenters. The summed E-state index contributed by atoms with van der Waals surface area (Å²) >= 11 is 0. The van der Waals surface area contributed by atoms with Gasteiger partial charge in [-0.2, -0.15) is 9.78 Å². The van der Waals surface area contributed by atoms with Crippen molar-refractivity contribution >= 4 is 11.6 Å². The summed E-state index contributed by atoms with van der Waals surface area (Å²) in [6.45, 7) is 5.41. The Kier molecular flexibility index (Phi) is 2.27. The normalized spacial score (nSPS) is 39.1. The zero-order valence-electron chi connectivity index (χ0n) is 8.04. The van der Waals surface area contributed by atoms with Gasteiger partial charge in [0.1, 0.15) is 0 Å². The van der Waals surface area contributed by atoms with Crippen LogP contribution in [0.4, 0.5) is 0 Å². The Hall–Kier alpha value is -0.780. The van der Waals surface area contributed by atoms with Gasteiger partial charge < -0.3 is 0 Å². The van der Waals surface area contributed by atoms with Crippen LogP contribution < -0.4 is 0 Å². The van der Waals surface area contributed by atoms with Crippen LogP contribution in [0.15, 0.2) is 0 Å². The van der Waals surface area contributed by atoms with Crippen LogP contribution in [0.5, 0.6) is 0 Å². The molecule has 1 saturated heterocycles. The summed E-state index contributed by atoms with van der Waals surface area (Å²) in [6, 6.07) is 0. The van der Waals surface area contributed by atoms with E-state index in [0.29, 0.717) is 0 Å². The molecule has 0 amide bonds. The van der Waals surface area contributed by atoms with Gasteiger partial charge in [0.2, 0.25) is 0 Å². The van der Waals surface area contributed by atoms with Crippen molar-refractivity contribution in [1.29, 1.82) is 0 Å². The van der Waals surface area contributed by atoms with Crippen molar-refractivity contribution in [3.8, 4) is 0 Å². The molecule has 0 aromatic rings. The molecule has 13 heavy (non-hydrogen) atoms. The van der Waals surface area contributed by atoms with E-state index in [1.807, 2.05) is 0 Å². The van der Waals surface area contributed by atoms with E-state index in [0.717, 1.165) is 0 Å². The molecule has 0 aromatic carbocycles. The highest BCUT2D eigenvalue weighted by atomic mass is 17.3. The van der Waals surface area contributed by atoms with Gasteiger partial charge in [-0.05, 0) is 0 Å². The highest BCUT2D eigenvalue weighted by Gasteiger charge is 2.53. The lowest BCUT2D eigenvalue weighted by Gasteiger charge is -2.19. The van der Waals surface area contributed by atoms with Crippen molar-refractivity contribution < 1.29 is 24.1 Å². The minimum atomic E-state index is -1.47. The molecule has 1 heterocycles. The molecule has 0 N–H and O–H groups in total. The largest absolute Gasteiger partial charge is 0.299 e. The Morgan fingerprint density at radius 2 is 1.23 bits per heavy atom. The van der Waals surface area contributed by atoms with Crippen LogP contribution in [-0.4, -0.2) is 23.1 Å². The molecular formula is C8H12O5. The highest BCUT2D eigenvalue weighted by molar-refractivity contribution is 5.86. The number of ketones is 2. The van der Waals surface area contributed by atoms with Gasteiger partial charge in [0, 0.05) is 27.7 Å². The number of hydrogen-bond acceptors (Lipinski definition) is 5. The summed E-state index contributed by atoms with van der Waals surface area (Å²) in [5, 5.41) is 0. The molecule has 2 atom stereocenters. The van der Waals surface area contributed by atoms with Crippen molar-refractivity contribution in [2.75, 3.05) is 0 Å². The quantitative estimate of drug-likeness (QED) is 0.593. The predicted molar refractivity (Wildman–Crippen MR) is 41.4 cm³/mol. The van der Waals surface area contributed by atoms with Crippen LogP contribution in [0.25, 0.3) is 0 Å². The van der Waals surface area contributed by atoms with E-state index in [-0.39, 0.29) is 11.6 Å². The molecule has 0 spiro atoms. The number of carbonyl (C=O) groups is 2. The van der Waals surface area contributed by atoms with Crippen molar-refractivity contribution in [2.24, 2.45) is 0 Å². The highest BCUT2D eigenvalue weighted by Crippen LogP contribution is 2.33. The Labute approximate surface area is 75.9 Å². The fourth-order valence-electron chi connectivity index (χ4n) is 0.826. The first kappa shape index (κ1) is 10.3. The van der Waals surface area contributed by atoms with E-state index in [2.05, 4.69) is 9.78 Å². The molecule has 0 bridgehead atoms. The van der Waals surface area contributed by atoms with Gasteiger partial charge in [-0.15, -0.1) is 0 Å². The average Bonchev–Trinajstić information content (AvgIpc) is 2.30. The van der Waals surface area contributed by atoms with Gasteiger partial charge >= 0.3 is 0 Å². The molecule has 1 rings (SSSR count). The maximum atomic E-state index is 11.0. The SMILES string of the molecule is CC(=O)C1(C)OOC(C)(C(C)=O)O1. The van der Waals surface area contributed by atoms with Crippen LogP contribution in [0.3, 0.4) is 0 Å². The van der Waals surface area contributed by atoms with Crippen LogP contribution in [0.2, 0.25) is 0 Å². The van der Waals surface area contributed by atoms with Gasteiger partial charge in [0.05, 0.1) is 0 Å². The second-order valence-corrected chi connectivity index (χ2v) is 3.27. The van der Waals surface area contributed by atoms with Gasteiger partial charge in [-0.3, -0.25) is 14.3 Å². The first-order valence-electron chi connectivity index (χ1n) is 3.89. The number of ether oxygens (including phenoxy) is 1. The molecule has 0 aliphatic carbocycles. The van der Waals surface area contributed by atoms with E-state index in [9.17, 15) is 9.59 Å². The Morgan fingerprint density at radius 3 is 1.38 bits per heavy atom. The lowest BCUT2D eigenvalue weighted by atomic mass is 10.2. The molecule has 1 aliphatic rings. The van der Waals surface area contributed by atoms with E-state index >= 15 is 0 Å². The van der Waals surface area contributed by atoms with Crippen LogP contribution >= 0.6 is 0 Å². The van der Waals surface area contributed by atoms with Crippen LogP contribution in [0, 0.1) is 0 Å². The third-order valence-corrected chi connectivity index (χ3v) is 2.03. The maximum absolute atomic E-state index is 11.0. The number of rotatable bonds is 2. The summed E-state index contributed by atoms with van der Waals surface area (Å²) in [5.41, 5.74) is 0. The van der Waals surface area contributed by atoms with E-state index < -0.39 is 11.6 Å². The molecule has 74 valence electrons. The molecule has 5 nitrogen and oxygen atoms in total. The summed E-state index contributed by atoms with van der Waals surface area (Å²) in [4.78, 5) is 31.4. The number of carbonyl (C=O) groups excluding carboxylic acids is 2. The Bertz CT molecular complexity index is 235. The summed E-state index contributed by atoms with van der Waals surface area (Å²) in [6.07, 6.45) is 0. The first-order chi connectivity index (χ1) is 5.80. The van der Waals surface area contributed by atoms with Gasteiger partial charge in [-0.25, -0.2) is 0 Å². The predicted octanol–water partition coefficient (Wildman–Crippen LogP) is 0.575. The average molecular weight is 188 g/mol. The summed E-state index contributed by atoms with van der Waals surface area (Å²) in [5.74, 6) is -3.64. The van der Waals surface area contributed by atoms with Crippen molar-refractivity contribution in [3.63, 3.8) is 0 Å². The van der Waals surface area contributed by atoms with Crippen LogP contribution in [0.1, 0.15) is 27.7 Å². The zero-order chi connectivity index (χ0) is 10.3. The molecular weight excluding hydrogens is 176 g/mol. The lowest BCUT2D eigenvalue weighted by molar-refractivity contribution is -0.328. The van der Waals surface area contributed by atoms with Crippen LogP contribution in [-0.2, 0) is 24.1 Å². The zero-order valence-corrected chi connectivity index (χ0v) is 8.04. The van der Waals surface area contributed by atoms with E-state index in [1.165, 1.54) is 27.7 Å². The minimum Gasteiger partial charge on any atom is -0.299 e. The van der Waals surface area contributed by atoms with E-state index in [4.69, 9.17) is 4.74 Å². The van der Waals surface area contributed by atoms with Crippen molar-refractivity contribution in [1.82, 2.24) is 0 Å². The topological polar surface area (TPSA) is 61.8 Å². The monoisotopic (exact) mass is 188 g/mol. The fraction of sp³-hybridized carbons (Fsp3) is 0.750. The third-order valence-electron chi connectivity index (χ3n) is 2.03. The lowest BCUT2D eigenvalue weighted by Crippen LogP contribution is -2.41. The van der Waals surface area contributed by atoms with E-state index in [1.54, 1.807) is 0 Å². The van der Waals surface area contributed by atoms with Gasteiger partial charge in [0.25, 0.3) is 11.6 Å². The standard InChI is InChI=1S/C8H12O5/c1-5(9)7(3)11-8(4,6(2)10)13-12-7/h1-4H3. The second kappa shape index (κ2) is 2.87. The van der Waals surface area contributed by atoms with Gasteiger partial charge in [-0.1, -0.05) is 0 Å². The summed E-state index contributed by atoms with van der Waals surface area (Å²) in [7, 11) is 0.